The van der Waals surface area contributed by atoms with Crippen LogP contribution in [0.3, 0.4) is 0 Å². The quantitative estimate of drug-likeness (QED) is 0.0325. The fourth-order valence-corrected chi connectivity index (χ4v) is 7.08. The van der Waals surface area contributed by atoms with E-state index in [2.05, 4.69) is 27.7 Å². The van der Waals surface area contributed by atoms with Crippen LogP contribution in [-0.2, 0) is 57.1 Å². The number of unbranched alkanes of at least 4 members (excludes halogenated alkanes) is 9. The summed E-state index contributed by atoms with van der Waals surface area (Å²) in [7, 11) is 3.89. The molecule has 13 nitrogen and oxygen atoms in total. The molecule has 0 bridgehead atoms. The lowest BCUT2D eigenvalue weighted by Gasteiger charge is -2.18. The SMILES string of the molecule is CCCCCC(CCCCC)CCOC(=O)COCC(=O)OCCCCC(CCCOC(=O)COCC(=O)OCCC(CCCCC)CCCCC)OC(=O)CCCN(C)C. The Morgan fingerprint density at radius 1 is 0.393 bits per heavy atom. The van der Waals surface area contributed by atoms with Crippen LogP contribution in [0.2, 0.25) is 0 Å². The summed E-state index contributed by atoms with van der Waals surface area (Å²) in [4.78, 5) is 63.4. The number of ether oxygens (including phenoxy) is 7. The van der Waals surface area contributed by atoms with Crippen LogP contribution in [-0.4, -0.2) is 114 Å². The Kier molecular flexibility index (Phi) is 40.6. The molecule has 0 saturated heterocycles. The average Bonchev–Trinajstić information content (AvgIpc) is 3.22. The van der Waals surface area contributed by atoms with Crippen molar-refractivity contribution >= 4 is 29.8 Å². The zero-order valence-corrected chi connectivity index (χ0v) is 39.6. The van der Waals surface area contributed by atoms with Gasteiger partial charge >= 0.3 is 29.8 Å². The minimum absolute atomic E-state index is 0.114. The lowest BCUT2D eigenvalue weighted by molar-refractivity contribution is -0.157. The Bertz CT molecular complexity index is 1070. The number of nitrogens with zero attached hydrogens (tertiary/aromatic N) is 1. The van der Waals surface area contributed by atoms with Gasteiger partial charge < -0.3 is 38.1 Å². The highest BCUT2D eigenvalue weighted by molar-refractivity contribution is 5.74. The van der Waals surface area contributed by atoms with E-state index in [1.165, 1.54) is 77.0 Å². The van der Waals surface area contributed by atoms with Gasteiger partial charge in [0.2, 0.25) is 0 Å². The van der Waals surface area contributed by atoms with Crippen molar-refractivity contribution in [2.75, 3.05) is 73.5 Å². The molecular formula is C48H89NO12. The summed E-state index contributed by atoms with van der Waals surface area (Å²) >= 11 is 0. The number of hydrogen-bond donors (Lipinski definition) is 0. The third-order valence-electron chi connectivity index (χ3n) is 10.7. The van der Waals surface area contributed by atoms with Crippen LogP contribution in [0, 0.1) is 11.8 Å². The van der Waals surface area contributed by atoms with Gasteiger partial charge in [0.15, 0.2) is 0 Å². The van der Waals surface area contributed by atoms with Crippen LogP contribution >= 0.6 is 0 Å². The second kappa shape index (κ2) is 42.5. The van der Waals surface area contributed by atoms with Gasteiger partial charge in [-0.25, -0.2) is 19.2 Å². The molecule has 358 valence electrons. The first kappa shape index (κ1) is 58.2. The second-order valence-electron chi connectivity index (χ2n) is 16.8. The molecule has 0 heterocycles. The molecule has 61 heavy (non-hydrogen) atoms. The smallest absolute Gasteiger partial charge is 0.332 e. The Morgan fingerprint density at radius 2 is 0.754 bits per heavy atom. The van der Waals surface area contributed by atoms with Crippen molar-refractivity contribution in [2.45, 2.75) is 194 Å². The van der Waals surface area contributed by atoms with Gasteiger partial charge in [-0.1, -0.05) is 130 Å². The molecule has 0 saturated carbocycles. The van der Waals surface area contributed by atoms with Crippen molar-refractivity contribution in [3.05, 3.63) is 0 Å². The maximum Gasteiger partial charge on any atom is 0.332 e. The number of carbonyl (C=O) groups excluding carboxylic acids is 5. The van der Waals surface area contributed by atoms with E-state index in [0.717, 1.165) is 45.1 Å². The molecule has 13 heteroatoms. The van der Waals surface area contributed by atoms with Crippen LogP contribution in [0.5, 0.6) is 0 Å². The summed E-state index contributed by atoms with van der Waals surface area (Å²) in [5.41, 5.74) is 0. The van der Waals surface area contributed by atoms with Crippen molar-refractivity contribution in [1.82, 2.24) is 4.90 Å². The van der Waals surface area contributed by atoms with Gasteiger partial charge in [-0.15, -0.1) is 0 Å². The number of hydrogen-bond acceptors (Lipinski definition) is 13. The van der Waals surface area contributed by atoms with Crippen molar-refractivity contribution in [3.8, 4) is 0 Å². The first-order valence-electron chi connectivity index (χ1n) is 24.2. The summed E-state index contributed by atoms with van der Waals surface area (Å²) in [6.07, 6.45) is 24.1. The van der Waals surface area contributed by atoms with Crippen molar-refractivity contribution in [1.29, 1.82) is 0 Å². The summed E-state index contributed by atoms with van der Waals surface area (Å²) in [6, 6.07) is 0. The van der Waals surface area contributed by atoms with E-state index in [1.807, 2.05) is 19.0 Å². The van der Waals surface area contributed by atoms with E-state index in [-0.39, 0.29) is 51.7 Å². The Balaban J connectivity index is 4.46. The lowest BCUT2D eigenvalue weighted by Crippen LogP contribution is -2.22. The van der Waals surface area contributed by atoms with Gasteiger partial charge in [-0.3, -0.25) is 4.79 Å². The van der Waals surface area contributed by atoms with Crippen LogP contribution in [0.4, 0.5) is 0 Å². The molecule has 1 atom stereocenters. The largest absolute Gasteiger partial charge is 0.464 e. The minimum atomic E-state index is -0.584. The first-order valence-corrected chi connectivity index (χ1v) is 24.2. The maximum absolute atomic E-state index is 12.6. The predicted octanol–water partition coefficient (Wildman–Crippen LogP) is 9.73. The highest BCUT2D eigenvalue weighted by Gasteiger charge is 2.17. The molecule has 0 aliphatic carbocycles. The third-order valence-corrected chi connectivity index (χ3v) is 10.7. The van der Waals surface area contributed by atoms with Crippen LogP contribution < -0.4 is 0 Å². The van der Waals surface area contributed by atoms with E-state index in [9.17, 15) is 24.0 Å². The van der Waals surface area contributed by atoms with Gasteiger partial charge in [0.05, 0.1) is 26.4 Å². The molecule has 0 rings (SSSR count). The molecule has 0 aliphatic rings. The number of esters is 5. The molecule has 0 radical (unpaired) electrons. The number of carbonyl (C=O) groups is 5. The summed E-state index contributed by atoms with van der Waals surface area (Å²) < 4.78 is 37.6. The van der Waals surface area contributed by atoms with Crippen molar-refractivity contribution in [3.63, 3.8) is 0 Å². The molecule has 0 fully saturated rings. The maximum atomic E-state index is 12.6. The van der Waals surface area contributed by atoms with Gasteiger partial charge in [-0.2, -0.15) is 0 Å². The minimum Gasteiger partial charge on any atom is -0.464 e. The van der Waals surface area contributed by atoms with Gasteiger partial charge in [0.1, 0.15) is 32.5 Å². The summed E-state index contributed by atoms with van der Waals surface area (Å²) in [6.45, 7) is 9.25. The van der Waals surface area contributed by atoms with Gasteiger partial charge in [-0.05, 0) is 83.8 Å². The van der Waals surface area contributed by atoms with Crippen LogP contribution in [0.25, 0.3) is 0 Å². The predicted molar refractivity (Wildman–Crippen MR) is 239 cm³/mol. The topological polar surface area (TPSA) is 153 Å². The normalized spacial score (nSPS) is 11.9. The van der Waals surface area contributed by atoms with E-state index >= 15 is 0 Å². The standard InChI is InChI=1S/C48H89NO12/c1-7-11-15-23-41(24-16-12-8-2)30-35-59-47(53)39-55-37-45(51)57-33-20-19-27-43(61-44(50)29-21-32-49(5)6)28-22-34-58-46(52)38-56-40-48(54)60-36-31-42(25-17-13-9-3)26-18-14-10-4/h41-43H,7-40H2,1-6H3. The Hall–Kier alpha value is -2.77. The van der Waals surface area contributed by atoms with Gasteiger partial charge in [0.25, 0.3) is 0 Å². The molecule has 0 aromatic carbocycles. The monoisotopic (exact) mass is 872 g/mol. The van der Waals surface area contributed by atoms with E-state index in [1.54, 1.807) is 0 Å². The van der Waals surface area contributed by atoms with Gasteiger partial charge in [0, 0.05) is 6.42 Å². The molecule has 0 aromatic rings. The van der Waals surface area contributed by atoms with E-state index < -0.39 is 23.9 Å². The van der Waals surface area contributed by atoms with Crippen LogP contribution in [0.1, 0.15) is 188 Å². The van der Waals surface area contributed by atoms with E-state index in [0.29, 0.717) is 70.0 Å². The molecule has 0 N–H and O–H groups in total. The zero-order valence-electron chi connectivity index (χ0n) is 39.6. The van der Waals surface area contributed by atoms with Crippen molar-refractivity contribution < 1.29 is 57.1 Å². The van der Waals surface area contributed by atoms with Crippen LogP contribution in [0.15, 0.2) is 0 Å². The molecule has 0 spiro atoms. The molecule has 0 aromatic heterocycles. The molecule has 0 aliphatic heterocycles. The fraction of sp³-hybridized carbons (Fsp3) is 0.896. The third kappa shape index (κ3) is 39.8. The Labute approximate surface area is 370 Å². The van der Waals surface area contributed by atoms with Crippen molar-refractivity contribution in [2.24, 2.45) is 11.8 Å². The first-order chi connectivity index (χ1) is 29.5. The lowest BCUT2D eigenvalue weighted by atomic mass is 9.92. The second-order valence-corrected chi connectivity index (χ2v) is 16.8. The highest BCUT2D eigenvalue weighted by Crippen LogP contribution is 2.22. The highest BCUT2D eigenvalue weighted by atomic mass is 16.6. The van der Waals surface area contributed by atoms with E-state index in [4.69, 9.17) is 33.2 Å². The zero-order chi connectivity index (χ0) is 45.2. The Morgan fingerprint density at radius 3 is 1.15 bits per heavy atom. The fourth-order valence-electron chi connectivity index (χ4n) is 7.08. The molecular weight excluding hydrogens is 783 g/mol. The summed E-state index contributed by atoms with van der Waals surface area (Å²) in [5.74, 6) is -1.29. The molecule has 1 unspecified atom stereocenters. The average molecular weight is 872 g/mol. The summed E-state index contributed by atoms with van der Waals surface area (Å²) in [5, 5.41) is 0. The number of rotatable bonds is 44. The molecule has 0 amide bonds.